The van der Waals surface area contributed by atoms with Crippen LogP contribution < -0.4 is 9.62 Å². The minimum absolute atomic E-state index is 0.0622. The fourth-order valence-electron chi connectivity index (χ4n) is 4.91. The van der Waals surface area contributed by atoms with Crippen LogP contribution in [-0.2, 0) is 38.8 Å². The molecule has 0 radical (unpaired) electrons. The summed E-state index contributed by atoms with van der Waals surface area (Å²) in [6.07, 6.45) is -4.85. The monoisotopic (exact) mass is 705 g/mol. The van der Waals surface area contributed by atoms with Crippen molar-refractivity contribution < 1.29 is 31.2 Å². The molecule has 0 aliphatic rings. The number of hydrogen-bond acceptors (Lipinski definition) is 4. The van der Waals surface area contributed by atoms with Crippen molar-refractivity contribution in [2.24, 2.45) is 0 Å². The number of nitrogens with one attached hydrogen (secondary N) is 1. The molecule has 0 heterocycles. The SMILES string of the molecule is CCNC(=O)[C@H](Cc1ccccc1)N(Cc1ccccc1Cl)C(=O)CN(c1ccc(Cl)c(C(F)(F)F)c1)S(=O)(=O)c1ccc(C)cc1. The third kappa shape index (κ3) is 8.85. The van der Waals surface area contributed by atoms with Crippen LogP contribution in [0.3, 0.4) is 0 Å². The molecule has 0 aliphatic carbocycles. The third-order valence-electron chi connectivity index (χ3n) is 7.35. The van der Waals surface area contributed by atoms with Gasteiger partial charge in [-0.25, -0.2) is 8.42 Å². The molecule has 4 rings (SSSR count). The third-order valence-corrected chi connectivity index (χ3v) is 9.84. The van der Waals surface area contributed by atoms with E-state index >= 15 is 0 Å². The van der Waals surface area contributed by atoms with Crippen LogP contribution in [0.15, 0.2) is 102 Å². The van der Waals surface area contributed by atoms with Gasteiger partial charge in [0.2, 0.25) is 11.8 Å². The topological polar surface area (TPSA) is 86.8 Å². The van der Waals surface area contributed by atoms with Gasteiger partial charge in [0, 0.05) is 24.5 Å². The lowest BCUT2D eigenvalue weighted by molar-refractivity contribution is -0.140. The van der Waals surface area contributed by atoms with Gasteiger partial charge in [0.15, 0.2) is 0 Å². The molecule has 0 aliphatic heterocycles. The van der Waals surface area contributed by atoms with Crippen molar-refractivity contribution in [2.75, 3.05) is 17.4 Å². The number of benzene rings is 4. The first-order valence-electron chi connectivity index (χ1n) is 14.5. The molecular weight excluding hydrogens is 674 g/mol. The molecule has 13 heteroatoms. The molecule has 0 aromatic heterocycles. The average molecular weight is 707 g/mol. The molecular formula is C34H32Cl2F3N3O4S. The van der Waals surface area contributed by atoms with Crippen molar-refractivity contribution in [1.29, 1.82) is 0 Å². The lowest BCUT2D eigenvalue weighted by Gasteiger charge is -2.34. The summed E-state index contributed by atoms with van der Waals surface area (Å²) in [5, 5.41) is 2.40. The van der Waals surface area contributed by atoms with Gasteiger partial charge >= 0.3 is 6.18 Å². The fraction of sp³-hybridized carbons (Fsp3) is 0.235. The first-order chi connectivity index (χ1) is 22.2. The maximum Gasteiger partial charge on any atom is 0.417 e. The van der Waals surface area contributed by atoms with Crippen molar-refractivity contribution >= 4 is 50.7 Å². The number of carbonyl (C=O) groups is 2. The highest BCUT2D eigenvalue weighted by atomic mass is 35.5. The van der Waals surface area contributed by atoms with Crippen LogP contribution in [0.2, 0.25) is 10.0 Å². The number of carbonyl (C=O) groups excluding carboxylic acids is 2. The molecule has 248 valence electrons. The van der Waals surface area contributed by atoms with E-state index in [1.807, 2.05) is 0 Å². The van der Waals surface area contributed by atoms with E-state index in [2.05, 4.69) is 5.32 Å². The van der Waals surface area contributed by atoms with E-state index in [0.29, 0.717) is 21.0 Å². The summed E-state index contributed by atoms with van der Waals surface area (Å²) in [4.78, 5) is 28.9. The lowest BCUT2D eigenvalue weighted by atomic mass is 10.0. The summed E-state index contributed by atoms with van der Waals surface area (Å²) >= 11 is 12.3. The van der Waals surface area contributed by atoms with Crippen molar-refractivity contribution in [1.82, 2.24) is 10.2 Å². The molecule has 0 spiro atoms. The second-order valence-corrected chi connectivity index (χ2v) is 13.4. The van der Waals surface area contributed by atoms with E-state index in [1.54, 1.807) is 68.4 Å². The summed E-state index contributed by atoms with van der Waals surface area (Å²) in [7, 11) is -4.62. The minimum atomic E-state index is -4.91. The zero-order valence-electron chi connectivity index (χ0n) is 25.5. The Bertz CT molecular complexity index is 1820. The second-order valence-electron chi connectivity index (χ2n) is 10.7. The molecule has 0 saturated carbocycles. The minimum Gasteiger partial charge on any atom is -0.355 e. The Morgan fingerprint density at radius 1 is 0.872 bits per heavy atom. The lowest BCUT2D eigenvalue weighted by Crippen LogP contribution is -2.53. The Balaban J connectivity index is 1.87. The molecule has 7 nitrogen and oxygen atoms in total. The Morgan fingerprint density at radius 3 is 2.13 bits per heavy atom. The second kappa shape index (κ2) is 15.2. The Labute approximate surface area is 282 Å². The molecule has 0 fully saturated rings. The van der Waals surface area contributed by atoms with E-state index in [1.165, 1.54) is 29.2 Å². The van der Waals surface area contributed by atoms with Crippen molar-refractivity contribution in [3.63, 3.8) is 0 Å². The molecule has 47 heavy (non-hydrogen) atoms. The van der Waals surface area contributed by atoms with Gasteiger partial charge in [-0.15, -0.1) is 0 Å². The van der Waals surface area contributed by atoms with Crippen LogP contribution in [0.1, 0.15) is 29.2 Å². The molecule has 0 bridgehead atoms. The van der Waals surface area contributed by atoms with E-state index in [9.17, 15) is 31.2 Å². The maximum atomic E-state index is 14.4. The fourth-order valence-corrected chi connectivity index (χ4v) is 6.73. The predicted molar refractivity (Wildman–Crippen MR) is 177 cm³/mol. The van der Waals surface area contributed by atoms with E-state index < -0.39 is 56.9 Å². The normalized spacial score (nSPS) is 12.3. The molecule has 0 saturated heterocycles. The predicted octanol–water partition coefficient (Wildman–Crippen LogP) is 7.29. The molecule has 2 amide bonds. The summed E-state index contributed by atoms with van der Waals surface area (Å²) in [5.74, 6) is -1.35. The average Bonchev–Trinajstić information content (AvgIpc) is 3.03. The van der Waals surface area contributed by atoms with Crippen molar-refractivity contribution in [3.05, 3.63) is 129 Å². The highest BCUT2D eigenvalue weighted by Crippen LogP contribution is 2.38. The van der Waals surface area contributed by atoms with Crippen molar-refractivity contribution in [2.45, 2.75) is 43.9 Å². The number of anilines is 1. The molecule has 0 unspecified atom stereocenters. The number of alkyl halides is 3. The highest BCUT2D eigenvalue weighted by molar-refractivity contribution is 7.92. The number of nitrogens with zero attached hydrogens (tertiary/aromatic N) is 2. The van der Waals surface area contributed by atoms with Gasteiger partial charge in [0.1, 0.15) is 12.6 Å². The number of sulfonamides is 1. The largest absolute Gasteiger partial charge is 0.417 e. The van der Waals surface area contributed by atoms with Gasteiger partial charge in [-0.3, -0.25) is 13.9 Å². The van der Waals surface area contributed by atoms with Crippen LogP contribution >= 0.6 is 23.2 Å². The Hall–Kier alpha value is -4.06. The molecule has 4 aromatic carbocycles. The van der Waals surface area contributed by atoms with E-state index in [4.69, 9.17) is 23.2 Å². The number of hydrogen-bond donors (Lipinski definition) is 1. The quantitative estimate of drug-likeness (QED) is 0.168. The summed E-state index contributed by atoms with van der Waals surface area (Å²) < 4.78 is 70.5. The smallest absolute Gasteiger partial charge is 0.355 e. The number of amides is 2. The number of halogens is 5. The molecule has 4 aromatic rings. The van der Waals surface area contributed by atoms with Gasteiger partial charge in [-0.1, -0.05) is 89.4 Å². The number of aryl methyl sites for hydroxylation is 1. The summed E-state index contributed by atoms with van der Waals surface area (Å²) in [6, 6.07) is 22.7. The van der Waals surface area contributed by atoms with Crippen LogP contribution in [0.5, 0.6) is 0 Å². The zero-order valence-corrected chi connectivity index (χ0v) is 27.8. The van der Waals surface area contributed by atoms with Crippen LogP contribution in [-0.4, -0.2) is 44.3 Å². The van der Waals surface area contributed by atoms with Crippen molar-refractivity contribution in [3.8, 4) is 0 Å². The first-order valence-corrected chi connectivity index (χ1v) is 16.7. The van der Waals surface area contributed by atoms with Gasteiger partial charge in [0.05, 0.1) is 21.2 Å². The Kier molecular flexibility index (Phi) is 11.6. The van der Waals surface area contributed by atoms with Crippen LogP contribution in [0.4, 0.5) is 18.9 Å². The number of likely N-dealkylation sites (N-methyl/N-ethyl adjacent to an activating group) is 1. The zero-order chi connectivity index (χ0) is 34.4. The number of rotatable bonds is 12. The Morgan fingerprint density at radius 2 is 1.51 bits per heavy atom. The molecule has 1 N–H and O–H groups in total. The van der Waals surface area contributed by atoms with Gasteiger partial charge in [-0.05, 0) is 61.4 Å². The maximum absolute atomic E-state index is 14.4. The van der Waals surface area contributed by atoms with Crippen LogP contribution in [0.25, 0.3) is 0 Å². The van der Waals surface area contributed by atoms with Gasteiger partial charge < -0.3 is 10.2 Å². The van der Waals surface area contributed by atoms with E-state index in [0.717, 1.165) is 23.3 Å². The first kappa shape index (κ1) is 35.8. The summed E-state index contributed by atoms with van der Waals surface area (Å²) in [6.45, 7) is 2.57. The van der Waals surface area contributed by atoms with E-state index in [-0.39, 0.29) is 24.4 Å². The molecule has 1 atom stereocenters. The summed E-state index contributed by atoms with van der Waals surface area (Å²) in [5.41, 5.74) is 0.228. The highest BCUT2D eigenvalue weighted by Gasteiger charge is 2.37. The standard InChI is InChI=1S/C34H32Cl2F3N3O4S/c1-3-40-33(44)31(19-24-9-5-4-6-10-24)41(21-25-11-7-8-12-29(25)35)32(43)22-42(47(45,46)27-16-13-23(2)14-17-27)26-15-18-30(36)28(20-26)34(37,38)39/h4-18,20,31H,3,19,21-22H2,1-2H3,(H,40,44)/t31-/m0/s1. The van der Waals surface area contributed by atoms with Gasteiger partial charge in [0.25, 0.3) is 10.0 Å². The van der Waals surface area contributed by atoms with Crippen LogP contribution in [0, 0.1) is 6.92 Å². The van der Waals surface area contributed by atoms with Gasteiger partial charge in [-0.2, -0.15) is 13.2 Å².